The summed E-state index contributed by atoms with van der Waals surface area (Å²) in [6.07, 6.45) is 6.05. The third-order valence-corrected chi connectivity index (χ3v) is 6.44. The Morgan fingerprint density at radius 3 is 2.20 bits per heavy atom. The molecule has 0 amide bonds. The van der Waals surface area contributed by atoms with Crippen molar-refractivity contribution in [2.24, 2.45) is 0 Å². The van der Waals surface area contributed by atoms with Crippen molar-refractivity contribution in [2.45, 2.75) is 26.7 Å². The van der Waals surface area contributed by atoms with Crippen molar-refractivity contribution in [2.75, 3.05) is 0 Å². The summed E-state index contributed by atoms with van der Waals surface area (Å²) in [5.74, 6) is -1.52. The Labute approximate surface area is 153 Å². The Hall–Kier alpha value is -1.96. The molecule has 128 valence electrons. The average molecular weight is 401 g/mol. The molecule has 0 aliphatic rings. The number of rotatable bonds is 5. The first-order chi connectivity index (χ1) is 12.1. The molecule has 3 rings (SSSR count). The molecule has 25 heavy (non-hydrogen) atoms. The summed E-state index contributed by atoms with van der Waals surface area (Å²) in [4.78, 5) is 0. The van der Waals surface area contributed by atoms with Crippen molar-refractivity contribution in [3.8, 4) is 21.1 Å². The fourth-order valence-electron chi connectivity index (χ4n) is 2.70. The molecule has 0 fully saturated rings. The average Bonchev–Trinajstić information content (AvgIpc) is 3.11. The van der Waals surface area contributed by atoms with E-state index in [4.69, 9.17) is 0 Å². The monoisotopic (exact) mass is 402 g/mol. The molecule has 0 radical (unpaired) electrons. The minimum absolute atomic E-state index is 0.0171. The summed E-state index contributed by atoms with van der Waals surface area (Å²) in [5, 5.41) is 0. The van der Waals surface area contributed by atoms with Gasteiger partial charge in [-0.25, -0.2) is 0 Å². The van der Waals surface area contributed by atoms with Crippen molar-refractivity contribution in [1.82, 2.24) is 0 Å². The summed E-state index contributed by atoms with van der Waals surface area (Å²) < 4.78 is 31.4. The second kappa shape index (κ2) is 7.95. The molecule has 2 aromatic carbocycles. The van der Waals surface area contributed by atoms with E-state index in [2.05, 4.69) is 26.0 Å². The molecule has 3 heteroatoms. The van der Waals surface area contributed by atoms with E-state index in [1.807, 2.05) is 36.4 Å². The SMILES string of the molecule is CC/C=C/c1ccc(-c2ccc(-c3ccc(CC)cc3)c(F)c2F)[se]1. The van der Waals surface area contributed by atoms with Crippen molar-refractivity contribution in [1.29, 1.82) is 0 Å². The molecule has 0 atom stereocenters. The van der Waals surface area contributed by atoms with E-state index < -0.39 is 11.6 Å². The van der Waals surface area contributed by atoms with Crippen molar-refractivity contribution in [3.63, 3.8) is 0 Å². The molecule has 1 aromatic heterocycles. The van der Waals surface area contributed by atoms with E-state index >= 15 is 0 Å². The van der Waals surface area contributed by atoms with Gasteiger partial charge in [0, 0.05) is 0 Å². The third kappa shape index (κ3) is 3.84. The molecular formula is C22H20F2Se. The van der Waals surface area contributed by atoms with Gasteiger partial charge >= 0.3 is 153 Å². The van der Waals surface area contributed by atoms with Crippen LogP contribution in [0.4, 0.5) is 8.78 Å². The number of allylic oxidation sites excluding steroid dienone is 1. The molecule has 0 bridgehead atoms. The fraction of sp³-hybridized carbons (Fsp3) is 0.182. The first-order valence-corrected chi connectivity index (χ1v) is 10.2. The molecular weight excluding hydrogens is 381 g/mol. The van der Waals surface area contributed by atoms with Crippen LogP contribution in [-0.4, -0.2) is 14.5 Å². The topological polar surface area (TPSA) is 0 Å². The zero-order valence-electron chi connectivity index (χ0n) is 14.4. The molecule has 0 spiro atoms. The van der Waals surface area contributed by atoms with Crippen LogP contribution in [-0.2, 0) is 6.42 Å². The Morgan fingerprint density at radius 2 is 1.52 bits per heavy atom. The van der Waals surface area contributed by atoms with Gasteiger partial charge < -0.3 is 0 Å². The summed E-state index contributed by atoms with van der Waals surface area (Å²) in [7, 11) is 0. The van der Waals surface area contributed by atoms with Gasteiger partial charge in [0.15, 0.2) is 0 Å². The zero-order chi connectivity index (χ0) is 17.8. The van der Waals surface area contributed by atoms with Gasteiger partial charge in [-0.3, -0.25) is 0 Å². The van der Waals surface area contributed by atoms with Gasteiger partial charge in [0.05, 0.1) is 0 Å². The van der Waals surface area contributed by atoms with Crippen LogP contribution in [0, 0.1) is 11.6 Å². The van der Waals surface area contributed by atoms with E-state index in [1.54, 1.807) is 12.1 Å². The molecule has 0 nitrogen and oxygen atoms in total. The van der Waals surface area contributed by atoms with Crippen LogP contribution in [0.3, 0.4) is 0 Å². The van der Waals surface area contributed by atoms with Crippen LogP contribution < -0.4 is 0 Å². The Balaban J connectivity index is 1.97. The molecule has 3 aromatic rings. The Kier molecular flexibility index (Phi) is 5.67. The predicted molar refractivity (Wildman–Crippen MR) is 103 cm³/mol. The zero-order valence-corrected chi connectivity index (χ0v) is 16.1. The van der Waals surface area contributed by atoms with Crippen LogP contribution in [0.1, 0.15) is 30.3 Å². The van der Waals surface area contributed by atoms with E-state index in [1.165, 1.54) is 10.0 Å². The molecule has 0 aliphatic heterocycles. The summed E-state index contributed by atoms with van der Waals surface area (Å²) in [6, 6.07) is 14.9. The summed E-state index contributed by atoms with van der Waals surface area (Å²) >= 11 is 0.0171. The van der Waals surface area contributed by atoms with Gasteiger partial charge in [0.2, 0.25) is 0 Å². The Bertz CT molecular complexity index is 889. The number of aryl methyl sites for hydroxylation is 1. The van der Waals surface area contributed by atoms with Crippen LogP contribution in [0.25, 0.3) is 27.2 Å². The molecule has 1 heterocycles. The van der Waals surface area contributed by atoms with Gasteiger partial charge in [-0.05, 0) is 0 Å². The van der Waals surface area contributed by atoms with Crippen LogP contribution >= 0.6 is 0 Å². The Morgan fingerprint density at radius 1 is 0.840 bits per heavy atom. The van der Waals surface area contributed by atoms with Crippen LogP contribution in [0.15, 0.2) is 54.6 Å². The molecule has 0 unspecified atom stereocenters. The summed E-state index contributed by atoms with van der Waals surface area (Å²) in [6.45, 7) is 4.15. The number of hydrogen-bond acceptors (Lipinski definition) is 0. The second-order valence-corrected chi connectivity index (χ2v) is 8.19. The van der Waals surface area contributed by atoms with Crippen LogP contribution in [0.2, 0.25) is 0 Å². The van der Waals surface area contributed by atoms with E-state index in [-0.39, 0.29) is 14.5 Å². The molecule has 0 N–H and O–H groups in total. The van der Waals surface area contributed by atoms with Crippen molar-refractivity contribution >= 4 is 20.6 Å². The minimum atomic E-state index is -0.768. The van der Waals surface area contributed by atoms with Crippen LogP contribution in [0.5, 0.6) is 0 Å². The molecule has 0 aliphatic carbocycles. The number of hydrogen-bond donors (Lipinski definition) is 0. The van der Waals surface area contributed by atoms with Gasteiger partial charge in [0.1, 0.15) is 0 Å². The predicted octanol–water partition coefficient (Wildman–Crippen LogP) is 6.34. The normalized spacial score (nSPS) is 11.4. The summed E-state index contributed by atoms with van der Waals surface area (Å²) in [5.41, 5.74) is 2.58. The van der Waals surface area contributed by atoms with Gasteiger partial charge in [-0.15, -0.1) is 0 Å². The molecule has 0 saturated heterocycles. The van der Waals surface area contributed by atoms with Gasteiger partial charge in [-0.2, -0.15) is 0 Å². The van der Waals surface area contributed by atoms with Crippen molar-refractivity contribution in [3.05, 3.63) is 76.2 Å². The maximum atomic E-state index is 14.7. The molecule has 0 saturated carbocycles. The number of benzene rings is 2. The maximum absolute atomic E-state index is 14.7. The van der Waals surface area contributed by atoms with E-state index in [0.717, 1.165) is 17.3 Å². The van der Waals surface area contributed by atoms with E-state index in [0.29, 0.717) is 16.7 Å². The second-order valence-electron chi connectivity index (χ2n) is 5.85. The number of halogens is 2. The first-order valence-electron chi connectivity index (χ1n) is 8.48. The van der Waals surface area contributed by atoms with Crippen molar-refractivity contribution < 1.29 is 8.78 Å². The van der Waals surface area contributed by atoms with Gasteiger partial charge in [-0.1, -0.05) is 0 Å². The third-order valence-electron chi connectivity index (χ3n) is 4.17. The fourth-order valence-corrected chi connectivity index (χ4v) is 4.71. The quantitative estimate of drug-likeness (QED) is 0.438. The first kappa shape index (κ1) is 17.8. The van der Waals surface area contributed by atoms with E-state index in [9.17, 15) is 8.78 Å². The standard InChI is InChI=1S/C22H20F2Se/c1-3-5-6-17-11-14-20(25-17)19-13-12-18(21(23)22(19)24)16-9-7-15(4-2)8-10-16/h5-14H,3-4H2,1-2H3/b6-5+. The van der Waals surface area contributed by atoms with Gasteiger partial charge in [0.25, 0.3) is 0 Å².